The van der Waals surface area contributed by atoms with E-state index in [1.807, 2.05) is 28.5 Å². The van der Waals surface area contributed by atoms with E-state index < -0.39 is 5.60 Å². The van der Waals surface area contributed by atoms with Gasteiger partial charge in [-0.1, -0.05) is 12.1 Å². The second-order valence-electron chi connectivity index (χ2n) is 7.96. The molecule has 29 heavy (non-hydrogen) atoms. The van der Waals surface area contributed by atoms with Crippen LogP contribution in [0.15, 0.2) is 36.0 Å². The largest absolute Gasteiger partial charge is 0.383 e. The molecule has 2 unspecified atom stereocenters. The summed E-state index contributed by atoms with van der Waals surface area (Å²) in [6.07, 6.45) is 3.21. The van der Waals surface area contributed by atoms with Crippen molar-refractivity contribution in [2.24, 2.45) is 0 Å². The number of benzene rings is 1. The molecule has 1 saturated heterocycles. The molecule has 1 aromatic carbocycles. The molecule has 0 aliphatic carbocycles. The molecule has 1 aliphatic heterocycles. The zero-order valence-electron chi connectivity index (χ0n) is 16.7. The maximum atomic E-state index is 13.4. The molecule has 1 aliphatic rings. The van der Waals surface area contributed by atoms with Crippen molar-refractivity contribution in [3.05, 3.63) is 52.2 Å². The van der Waals surface area contributed by atoms with Crippen LogP contribution in [0.5, 0.6) is 0 Å². The van der Waals surface area contributed by atoms with Crippen LogP contribution in [-0.4, -0.2) is 53.7 Å². The number of hydrogen-bond donors (Lipinski definition) is 1. The molecule has 4 rings (SSSR count). The van der Waals surface area contributed by atoms with Gasteiger partial charge in [0.2, 0.25) is 0 Å². The summed E-state index contributed by atoms with van der Waals surface area (Å²) in [7, 11) is 0. The normalized spacial score (nSPS) is 20.1. The topological polar surface area (TPSA) is 97.0 Å². The van der Waals surface area contributed by atoms with Crippen molar-refractivity contribution in [3.63, 3.8) is 0 Å². The number of amides is 1. The molecule has 152 valence electrons. The molecule has 1 amide bonds. The number of aromatic nitrogens is 5. The molecule has 8 nitrogen and oxygen atoms in total. The standard InChI is InChI=1S/C20H24N6O2S/c1-13-8-9-14(16-11-29-19(23-16)20(2,3)28)10-25(13)18(27)15-6-4-5-7-17(15)26-22-12-21-24-26/h4-7,11-14,28H,8-10H2,1-3H3. The number of likely N-dealkylation sites (tertiary alicyclic amines) is 1. The van der Waals surface area contributed by atoms with Gasteiger partial charge in [0.15, 0.2) is 6.33 Å². The molecular weight excluding hydrogens is 388 g/mol. The smallest absolute Gasteiger partial charge is 0.256 e. The first-order valence-electron chi connectivity index (χ1n) is 9.66. The summed E-state index contributed by atoms with van der Waals surface area (Å²) in [5.41, 5.74) is 1.16. The lowest BCUT2D eigenvalue weighted by atomic mass is 9.90. The van der Waals surface area contributed by atoms with Gasteiger partial charge in [0.05, 0.1) is 11.3 Å². The third kappa shape index (κ3) is 3.92. The van der Waals surface area contributed by atoms with E-state index in [0.29, 0.717) is 22.8 Å². The molecular formula is C20H24N6O2S. The van der Waals surface area contributed by atoms with Gasteiger partial charge in [-0.05, 0) is 51.0 Å². The van der Waals surface area contributed by atoms with Gasteiger partial charge < -0.3 is 10.0 Å². The van der Waals surface area contributed by atoms with Crippen molar-refractivity contribution >= 4 is 17.2 Å². The Bertz CT molecular complexity index is 995. The van der Waals surface area contributed by atoms with Gasteiger partial charge in [0.25, 0.3) is 5.91 Å². The molecule has 3 aromatic rings. The SMILES string of the molecule is CC1CCC(c2csc(C(C)(C)O)n2)CN1C(=O)c1ccccc1-n1ncnn1. The minimum atomic E-state index is -0.954. The highest BCUT2D eigenvalue weighted by atomic mass is 32.1. The first-order chi connectivity index (χ1) is 13.8. The monoisotopic (exact) mass is 412 g/mol. The number of para-hydroxylation sites is 1. The van der Waals surface area contributed by atoms with Crippen LogP contribution in [-0.2, 0) is 5.60 Å². The van der Waals surface area contributed by atoms with Crippen LogP contribution in [0.1, 0.15) is 60.6 Å². The number of carbonyl (C=O) groups excluding carboxylic acids is 1. The minimum Gasteiger partial charge on any atom is -0.383 e. The van der Waals surface area contributed by atoms with Crippen molar-refractivity contribution in [1.29, 1.82) is 0 Å². The Hall–Kier alpha value is -2.65. The highest BCUT2D eigenvalue weighted by Gasteiger charge is 2.33. The van der Waals surface area contributed by atoms with Crippen LogP contribution in [0.25, 0.3) is 5.69 Å². The van der Waals surface area contributed by atoms with E-state index in [-0.39, 0.29) is 17.9 Å². The van der Waals surface area contributed by atoms with Crippen LogP contribution in [0.2, 0.25) is 0 Å². The van der Waals surface area contributed by atoms with Crippen molar-refractivity contribution in [2.75, 3.05) is 6.54 Å². The molecule has 0 radical (unpaired) electrons. The maximum Gasteiger partial charge on any atom is 0.256 e. The second-order valence-corrected chi connectivity index (χ2v) is 8.82. The number of rotatable bonds is 4. The fourth-order valence-corrected chi connectivity index (χ4v) is 4.57. The van der Waals surface area contributed by atoms with E-state index in [2.05, 4.69) is 27.3 Å². The van der Waals surface area contributed by atoms with Gasteiger partial charge in [0, 0.05) is 23.9 Å². The van der Waals surface area contributed by atoms with E-state index in [4.69, 9.17) is 0 Å². The summed E-state index contributed by atoms with van der Waals surface area (Å²) in [6.45, 7) is 6.15. The third-order valence-electron chi connectivity index (χ3n) is 5.31. The summed E-state index contributed by atoms with van der Waals surface area (Å²) in [5, 5.41) is 24.7. The molecule has 0 bridgehead atoms. The van der Waals surface area contributed by atoms with E-state index >= 15 is 0 Å². The lowest BCUT2D eigenvalue weighted by molar-refractivity contribution is 0.0604. The summed E-state index contributed by atoms with van der Waals surface area (Å²) in [5.74, 6) is 0.104. The lowest BCUT2D eigenvalue weighted by Gasteiger charge is -2.38. The van der Waals surface area contributed by atoms with Crippen molar-refractivity contribution in [2.45, 2.75) is 51.2 Å². The lowest BCUT2D eigenvalue weighted by Crippen LogP contribution is -2.45. The Balaban J connectivity index is 1.60. The number of hydrogen-bond acceptors (Lipinski definition) is 7. The van der Waals surface area contributed by atoms with Crippen LogP contribution >= 0.6 is 11.3 Å². The van der Waals surface area contributed by atoms with E-state index in [1.165, 1.54) is 22.5 Å². The van der Waals surface area contributed by atoms with E-state index in [1.54, 1.807) is 19.9 Å². The van der Waals surface area contributed by atoms with Gasteiger partial charge in [-0.25, -0.2) is 4.98 Å². The zero-order chi connectivity index (χ0) is 20.6. The van der Waals surface area contributed by atoms with Crippen LogP contribution in [0, 0.1) is 0 Å². The number of carbonyl (C=O) groups is 1. The maximum absolute atomic E-state index is 13.4. The zero-order valence-corrected chi connectivity index (χ0v) is 17.5. The fraction of sp³-hybridized carbons (Fsp3) is 0.450. The van der Waals surface area contributed by atoms with E-state index in [9.17, 15) is 9.90 Å². The quantitative estimate of drug-likeness (QED) is 0.708. The minimum absolute atomic E-state index is 0.0481. The average molecular weight is 413 g/mol. The Morgan fingerprint density at radius 1 is 1.28 bits per heavy atom. The van der Waals surface area contributed by atoms with Crippen molar-refractivity contribution in [3.8, 4) is 5.69 Å². The summed E-state index contributed by atoms with van der Waals surface area (Å²) < 4.78 is 0. The molecule has 1 fully saturated rings. The first kappa shape index (κ1) is 19.7. The molecule has 2 aromatic heterocycles. The van der Waals surface area contributed by atoms with Crippen LogP contribution in [0.3, 0.4) is 0 Å². The summed E-state index contributed by atoms with van der Waals surface area (Å²) >= 11 is 1.47. The highest BCUT2D eigenvalue weighted by Crippen LogP contribution is 2.34. The van der Waals surface area contributed by atoms with Crippen LogP contribution in [0.4, 0.5) is 0 Å². The molecule has 3 heterocycles. The molecule has 1 N–H and O–H groups in total. The number of piperidine rings is 1. The van der Waals surface area contributed by atoms with Crippen molar-refractivity contribution in [1.82, 2.24) is 30.1 Å². The molecule has 0 spiro atoms. The predicted molar refractivity (Wildman–Crippen MR) is 109 cm³/mol. The van der Waals surface area contributed by atoms with Crippen molar-refractivity contribution < 1.29 is 9.90 Å². The molecule has 9 heteroatoms. The van der Waals surface area contributed by atoms with Gasteiger partial charge in [-0.3, -0.25) is 4.79 Å². The number of thiazole rings is 1. The first-order valence-corrected chi connectivity index (χ1v) is 10.5. The van der Waals surface area contributed by atoms with Gasteiger partial charge in [0.1, 0.15) is 16.3 Å². The second kappa shape index (κ2) is 7.64. The Labute approximate surface area is 173 Å². The van der Waals surface area contributed by atoms with Gasteiger partial charge >= 0.3 is 0 Å². The fourth-order valence-electron chi connectivity index (χ4n) is 3.65. The number of aliphatic hydroxyl groups is 1. The number of tetrazole rings is 1. The Morgan fingerprint density at radius 3 is 2.76 bits per heavy atom. The average Bonchev–Trinajstić information content (AvgIpc) is 3.40. The highest BCUT2D eigenvalue weighted by molar-refractivity contribution is 7.09. The molecule has 2 atom stereocenters. The summed E-state index contributed by atoms with van der Waals surface area (Å²) in [4.78, 5) is 21.4. The third-order valence-corrected chi connectivity index (χ3v) is 6.48. The van der Waals surface area contributed by atoms with E-state index in [0.717, 1.165) is 18.5 Å². The predicted octanol–water partition coefficient (Wildman–Crippen LogP) is 2.75. The summed E-state index contributed by atoms with van der Waals surface area (Å²) in [6, 6.07) is 7.44. The van der Waals surface area contributed by atoms with Gasteiger partial charge in [-0.15, -0.1) is 26.3 Å². The molecule has 0 saturated carbocycles. The Morgan fingerprint density at radius 2 is 2.07 bits per heavy atom. The number of nitrogens with zero attached hydrogens (tertiary/aromatic N) is 6. The van der Waals surface area contributed by atoms with Gasteiger partial charge in [-0.2, -0.15) is 0 Å². The van der Waals surface area contributed by atoms with Crippen LogP contribution < -0.4 is 0 Å². The Kier molecular flexibility index (Phi) is 5.18.